The fourth-order valence-corrected chi connectivity index (χ4v) is 3.19. The fourth-order valence-electron chi connectivity index (χ4n) is 2.41. The first-order chi connectivity index (χ1) is 9.19. The lowest BCUT2D eigenvalue weighted by Crippen LogP contribution is -2.03. The van der Waals surface area contributed by atoms with Crippen LogP contribution in [0, 0.1) is 4.77 Å². The van der Waals surface area contributed by atoms with Crippen molar-refractivity contribution in [3.05, 3.63) is 10.5 Å². The number of imidazole rings is 1. The Morgan fingerprint density at radius 2 is 2.16 bits per heavy atom. The standard InChI is InChI=1S/C13H22N4S2/c1-4-7-10-11-12(16(2)15-10)17(13(18)14-11)8-5-6-9-19-3/h4-9H2,1-3H3,(H,14,18). The van der Waals surface area contributed by atoms with Gasteiger partial charge < -0.3 is 9.55 Å². The zero-order valence-corrected chi connectivity index (χ0v) is 13.5. The number of H-pyrrole nitrogens is 1. The minimum Gasteiger partial charge on any atom is -0.328 e. The van der Waals surface area contributed by atoms with Crippen LogP contribution in [0.15, 0.2) is 0 Å². The highest BCUT2D eigenvalue weighted by molar-refractivity contribution is 7.98. The highest BCUT2D eigenvalue weighted by Crippen LogP contribution is 2.19. The maximum Gasteiger partial charge on any atom is 0.179 e. The highest BCUT2D eigenvalue weighted by Gasteiger charge is 2.14. The Bertz CT molecular complexity index is 594. The highest BCUT2D eigenvalue weighted by atomic mass is 32.2. The molecule has 0 bridgehead atoms. The zero-order valence-electron chi connectivity index (χ0n) is 11.9. The molecule has 4 nitrogen and oxygen atoms in total. The van der Waals surface area contributed by atoms with Gasteiger partial charge in [-0.2, -0.15) is 16.9 Å². The number of fused-ring (bicyclic) bond motifs is 1. The van der Waals surface area contributed by atoms with Crippen molar-refractivity contribution in [3.63, 3.8) is 0 Å². The van der Waals surface area contributed by atoms with Crippen LogP contribution >= 0.6 is 24.0 Å². The summed E-state index contributed by atoms with van der Waals surface area (Å²) >= 11 is 7.35. The van der Waals surface area contributed by atoms with Crippen LogP contribution in [0.25, 0.3) is 11.2 Å². The first-order valence-corrected chi connectivity index (χ1v) is 8.62. The SMILES string of the molecule is CCCc1nn(C)c2c1[nH]c(=S)n2CCCCSC. The van der Waals surface area contributed by atoms with Crippen molar-refractivity contribution >= 4 is 35.1 Å². The molecule has 0 saturated heterocycles. The molecule has 19 heavy (non-hydrogen) atoms. The number of nitrogens with zero attached hydrogens (tertiary/aromatic N) is 3. The Kier molecular flexibility index (Phi) is 5.10. The van der Waals surface area contributed by atoms with Gasteiger partial charge in [-0.25, -0.2) is 0 Å². The van der Waals surface area contributed by atoms with E-state index in [4.69, 9.17) is 12.2 Å². The van der Waals surface area contributed by atoms with Crippen molar-refractivity contribution in [1.82, 2.24) is 19.3 Å². The Morgan fingerprint density at radius 1 is 1.37 bits per heavy atom. The summed E-state index contributed by atoms with van der Waals surface area (Å²) in [6, 6.07) is 0. The van der Waals surface area contributed by atoms with E-state index in [9.17, 15) is 0 Å². The topological polar surface area (TPSA) is 38.5 Å². The molecule has 106 valence electrons. The van der Waals surface area contributed by atoms with Gasteiger partial charge in [-0.05, 0) is 43.5 Å². The number of nitrogens with one attached hydrogen (secondary N) is 1. The Hall–Kier alpha value is -0.750. The molecule has 0 unspecified atom stereocenters. The second-order valence-electron chi connectivity index (χ2n) is 4.80. The molecule has 2 heterocycles. The second-order valence-corrected chi connectivity index (χ2v) is 6.17. The van der Waals surface area contributed by atoms with Gasteiger partial charge in [0.15, 0.2) is 10.4 Å². The van der Waals surface area contributed by atoms with Crippen LogP contribution in [0.5, 0.6) is 0 Å². The van der Waals surface area contributed by atoms with Crippen molar-refractivity contribution in [3.8, 4) is 0 Å². The van der Waals surface area contributed by atoms with Crippen LogP contribution in [0.3, 0.4) is 0 Å². The number of aromatic amines is 1. The fraction of sp³-hybridized carbons (Fsp3) is 0.692. The minimum absolute atomic E-state index is 0.824. The van der Waals surface area contributed by atoms with Crippen LogP contribution in [0.2, 0.25) is 0 Å². The van der Waals surface area contributed by atoms with Crippen LogP contribution in [-0.2, 0) is 20.0 Å². The minimum atomic E-state index is 0.824. The number of unbranched alkanes of at least 4 members (excludes halogenated alkanes) is 1. The third-order valence-electron chi connectivity index (χ3n) is 3.29. The number of aryl methyl sites for hydroxylation is 3. The van der Waals surface area contributed by atoms with Gasteiger partial charge in [-0.15, -0.1) is 0 Å². The number of hydrogen-bond donors (Lipinski definition) is 1. The van der Waals surface area contributed by atoms with Crippen molar-refractivity contribution in [2.24, 2.45) is 7.05 Å². The van der Waals surface area contributed by atoms with E-state index in [0.717, 1.165) is 47.4 Å². The molecule has 0 spiro atoms. The normalized spacial score (nSPS) is 11.5. The lowest BCUT2D eigenvalue weighted by atomic mass is 10.2. The summed E-state index contributed by atoms with van der Waals surface area (Å²) in [5.74, 6) is 1.22. The Balaban J connectivity index is 2.28. The molecule has 0 fully saturated rings. The van der Waals surface area contributed by atoms with E-state index in [1.807, 2.05) is 23.5 Å². The molecule has 0 amide bonds. The van der Waals surface area contributed by atoms with Gasteiger partial charge >= 0.3 is 0 Å². The van der Waals surface area contributed by atoms with Gasteiger partial charge in [0.25, 0.3) is 0 Å². The molecule has 0 aliphatic heterocycles. The summed E-state index contributed by atoms with van der Waals surface area (Å²) in [6.07, 6.45) is 6.65. The molecule has 0 atom stereocenters. The van der Waals surface area contributed by atoms with Crippen molar-refractivity contribution in [2.45, 2.75) is 39.2 Å². The zero-order chi connectivity index (χ0) is 13.8. The summed E-state index contributed by atoms with van der Waals surface area (Å²) in [7, 11) is 2.00. The van der Waals surface area contributed by atoms with Gasteiger partial charge in [0.1, 0.15) is 5.52 Å². The van der Waals surface area contributed by atoms with Crippen molar-refractivity contribution in [2.75, 3.05) is 12.0 Å². The Morgan fingerprint density at radius 3 is 2.84 bits per heavy atom. The van der Waals surface area contributed by atoms with Gasteiger partial charge in [-0.3, -0.25) is 4.68 Å². The Labute approximate surface area is 123 Å². The van der Waals surface area contributed by atoms with Crippen LogP contribution in [0.1, 0.15) is 31.9 Å². The van der Waals surface area contributed by atoms with Crippen LogP contribution < -0.4 is 0 Å². The summed E-state index contributed by atoms with van der Waals surface area (Å²) in [5.41, 5.74) is 3.39. The molecule has 2 aromatic rings. The third kappa shape index (κ3) is 3.05. The third-order valence-corrected chi connectivity index (χ3v) is 4.31. The van der Waals surface area contributed by atoms with E-state index in [0.29, 0.717) is 0 Å². The summed E-state index contributed by atoms with van der Waals surface area (Å²) < 4.78 is 4.97. The molecule has 6 heteroatoms. The smallest absolute Gasteiger partial charge is 0.179 e. The predicted molar refractivity (Wildman–Crippen MR) is 85.5 cm³/mol. The molecule has 2 rings (SSSR count). The average Bonchev–Trinajstić information content (AvgIpc) is 2.85. The summed E-state index contributed by atoms with van der Waals surface area (Å²) in [6.45, 7) is 3.15. The summed E-state index contributed by atoms with van der Waals surface area (Å²) in [5, 5.41) is 4.60. The molecular weight excluding hydrogens is 276 g/mol. The van der Waals surface area contributed by atoms with Crippen LogP contribution in [-0.4, -0.2) is 31.3 Å². The van der Waals surface area contributed by atoms with Crippen LogP contribution in [0.4, 0.5) is 0 Å². The average molecular weight is 298 g/mol. The first kappa shape index (κ1) is 14.7. The van der Waals surface area contributed by atoms with E-state index in [-0.39, 0.29) is 0 Å². The number of hydrogen-bond acceptors (Lipinski definition) is 3. The monoisotopic (exact) mass is 298 g/mol. The molecule has 0 radical (unpaired) electrons. The number of aromatic nitrogens is 4. The lowest BCUT2D eigenvalue weighted by Gasteiger charge is -2.04. The van der Waals surface area contributed by atoms with Crippen molar-refractivity contribution < 1.29 is 0 Å². The van der Waals surface area contributed by atoms with E-state index in [2.05, 4.69) is 27.8 Å². The largest absolute Gasteiger partial charge is 0.328 e. The first-order valence-electron chi connectivity index (χ1n) is 6.82. The quantitative estimate of drug-likeness (QED) is 0.628. The number of thioether (sulfide) groups is 1. The number of rotatable bonds is 7. The maximum atomic E-state index is 5.45. The van der Waals surface area contributed by atoms with E-state index in [1.54, 1.807) is 0 Å². The van der Waals surface area contributed by atoms with Gasteiger partial charge in [0.05, 0.1) is 5.69 Å². The van der Waals surface area contributed by atoms with Crippen molar-refractivity contribution in [1.29, 1.82) is 0 Å². The lowest BCUT2D eigenvalue weighted by molar-refractivity contribution is 0.619. The van der Waals surface area contributed by atoms with Gasteiger partial charge in [0, 0.05) is 13.6 Å². The molecule has 0 aliphatic carbocycles. The van der Waals surface area contributed by atoms with E-state index in [1.165, 1.54) is 12.2 Å². The molecular formula is C13H22N4S2. The summed E-state index contributed by atoms with van der Waals surface area (Å²) in [4.78, 5) is 3.33. The molecule has 0 saturated carbocycles. The van der Waals surface area contributed by atoms with E-state index >= 15 is 0 Å². The van der Waals surface area contributed by atoms with Gasteiger partial charge in [-0.1, -0.05) is 13.3 Å². The maximum absolute atomic E-state index is 5.45. The van der Waals surface area contributed by atoms with E-state index < -0.39 is 0 Å². The molecule has 1 N–H and O–H groups in total. The van der Waals surface area contributed by atoms with Gasteiger partial charge in [0.2, 0.25) is 0 Å². The molecule has 2 aromatic heterocycles. The molecule has 0 aliphatic rings. The second kappa shape index (κ2) is 6.61. The predicted octanol–water partition coefficient (Wildman–Crippen LogP) is 3.53. The molecule has 0 aromatic carbocycles.